The normalized spacial score (nSPS) is 24.3. The molecule has 1 unspecified atom stereocenters. The van der Waals surface area contributed by atoms with Crippen LogP contribution in [0.5, 0.6) is 0 Å². The second kappa shape index (κ2) is 7.05. The first-order valence-corrected chi connectivity index (χ1v) is 8.93. The van der Waals surface area contributed by atoms with Crippen LogP contribution in [0, 0.1) is 0 Å². The van der Waals surface area contributed by atoms with Gasteiger partial charge in [0.05, 0.1) is 31.1 Å². The summed E-state index contributed by atoms with van der Waals surface area (Å²) in [6.45, 7) is 4.92. The molecule has 1 atom stereocenters. The largest absolute Gasteiger partial charge is 0.378 e. The third-order valence-electron chi connectivity index (χ3n) is 5.32. The fourth-order valence-electron chi connectivity index (χ4n) is 3.89. The lowest BCUT2D eigenvalue weighted by molar-refractivity contribution is -0.0441. The van der Waals surface area contributed by atoms with E-state index < -0.39 is 0 Å². The summed E-state index contributed by atoms with van der Waals surface area (Å²) in [7, 11) is 2.21. The van der Waals surface area contributed by atoms with Crippen molar-refractivity contribution in [1.82, 2.24) is 19.8 Å². The Kier molecular flexibility index (Phi) is 4.65. The van der Waals surface area contributed by atoms with Crippen LogP contribution in [0.15, 0.2) is 36.5 Å². The minimum atomic E-state index is 0.240. The Balaban J connectivity index is 1.54. The van der Waals surface area contributed by atoms with Gasteiger partial charge in [-0.25, -0.2) is 4.98 Å². The lowest BCUT2D eigenvalue weighted by Crippen LogP contribution is -2.50. The van der Waals surface area contributed by atoms with Crippen molar-refractivity contribution in [1.29, 1.82) is 0 Å². The number of H-pyrrole nitrogens is 1. The molecule has 128 valence electrons. The molecular weight excluding hydrogens is 300 g/mol. The summed E-state index contributed by atoms with van der Waals surface area (Å²) in [6, 6.07) is 11.3. The van der Waals surface area contributed by atoms with Crippen molar-refractivity contribution in [2.24, 2.45) is 0 Å². The first kappa shape index (κ1) is 15.8. The van der Waals surface area contributed by atoms with Gasteiger partial charge in [0.15, 0.2) is 0 Å². The number of hydrogen-bond acceptors (Lipinski definition) is 4. The van der Waals surface area contributed by atoms with Gasteiger partial charge in [0.25, 0.3) is 0 Å². The van der Waals surface area contributed by atoms with Gasteiger partial charge in [-0.05, 0) is 38.5 Å². The van der Waals surface area contributed by atoms with Crippen LogP contribution in [0.4, 0.5) is 0 Å². The highest BCUT2D eigenvalue weighted by Crippen LogP contribution is 2.29. The van der Waals surface area contributed by atoms with E-state index in [-0.39, 0.29) is 6.04 Å². The van der Waals surface area contributed by atoms with E-state index in [9.17, 15) is 0 Å². The molecule has 0 bridgehead atoms. The minimum absolute atomic E-state index is 0.240. The molecule has 4 rings (SSSR count). The molecule has 0 radical (unpaired) electrons. The molecule has 5 heteroatoms. The molecule has 2 aliphatic heterocycles. The minimum Gasteiger partial charge on any atom is -0.378 e. The lowest BCUT2D eigenvalue weighted by Gasteiger charge is -2.43. The van der Waals surface area contributed by atoms with Crippen LogP contribution in [-0.2, 0) is 4.74 Å². The van der Waals surface area contributed by atoms with Crippen LogP contribution in [0.1, 0.15) is 24.7 Å². The van der Waals surface area contributed by atoms with Crippen molar-refractivity contribution in [2.75, 3.05) is 39.9 Å². The van der Waals surface area contributed by atoms with E-state index in [1.807, 2.05) is 12.3 Å². The summed E-state index contributed by atoms with van der Waals surface area (Å²) in [5.74, 6) is 1.03. The maximum atomic E-state index is 5.78. The van der Waals surface area contributed by atoms with E-state index in [1.54, 1.807) is 0 Å². The quantitative estimate of drug-likeness (QED) is 0.941. The maximum absolute atomic E-state index is 5.78. The number of nitrogens with zero attached hydrogens (tertiary/aromatic N) is 3. The number of rotatable bonds is 3. The van der Waals surface area contributed by atoms with Gasteiger partial charge in [0, 0.05) is 12.6 Å². The maximum Gasteiger partial charge on any atom is 0.126 e. The van der Waals surface area contributed by atoms with Gasteiger partial charge in [-0.3, -0.25) is 4.90 Å². The molecule has 1 aromatic carbocycles. The first-order chi connectivity index (χ1) is 11.8. The Morgan fingerprint density at radius 3 is 2.71 bits per heavy atom. The predicted molar refractivity (Wildman–Crippen MR) is 94.8 cm³/mol. The summed E-state index contributed by atoms with van der Waals surface area (Å²) >= 11 is 0. The van der Waals surface area contributed by atoms with Gasteiger partial charge in [-0.1, -0.05) is 30.3 Å². The van der Waals surface area contributed by atoms with Crippen molar-refractivity contribution >= 4 is 0 Å². The number of morpholine rings is 1. The highest BCUT2D eigenvalue weighted by atomic mass is 16.5. The van der Waals surface area contributed by atoms with Gasteiger partial charge in [-0.15, -0.1) is 0 Å². The van der Waals surface area contributed by atoms with Crippen molar-refractivity contribution in [3.8, 4) is 11.3 Å². The summed E-state index contributed by atoms with van der Waals surface area (Å²) in [5, 5.41) is 0. The Morgan fingerprint density at radius 2 is 1.92 bits per heavy atom. The molecule has 5 nitrogen and oxygen atoms in total. The zero-order valence-electron chi connectivity index (χ0n) is 14.3. The Morgan fingerprint density at radius 1 is 1.12 bits per heavy atom. The number of imidazole rings is 1. The third-order valence-corrected chi connectivity index (χ3v) is 5.32. The number of benzene rings is 1. The number of ether oxygens (including phenoxy) is 1. The van der Waals surface area contributed by atoms with Gasteiger partial charge < -0.3 is 14.6 Å². The molecule has 1 aromatic heterocycles. The summed E-state index contributed by atoms with van der Waals surface area (Å²) in [6.07, 6.45) is 4.42. The topological polar surface area (TPSA) is 44.4 Å². The van der Waals surface area contributed by atoms with E-state index in [4.69, 9.17) is 4.74 Å². The van der Waals surface area contributed by atoms with Gasteiger partial charge in [0.1, 0.15) is 5.82 Å². The highest BCUT2D eigenvalue weighted by molar-refractivity contribution is 5.58. The van der Waals surface area contributed by atoms with E-state index in [1.165, 1.54) is 31.5 Å². The molecule has 2 saturated heterocycles. The average Bonchev–Trinajstić information content (AvgIpc) is 3.13. The molecule has 2 fully saturated rings. The molecule has 2 aliphatic rings. The fourth-order valence-corrected chi connectivity index (χ4v) is 3.89. The van der Waals surface area contributed by atoms with Crippen LogP contribution < -0.4 is 0 Å². The summed E-state index contributed by atoms with van der Waals surface area (Å²) in [4.78, 5) is 13.3. The Bertz CT molecular complexity index is 648. The molecule has 0 amide bonds. The number of nitrogens with one attached hydrogen (secondary N) is 1. The van der Waals surface area contributed by atoms with Gasteiger partial charge in [0.2, 0.25) is 0 Å². The monoisotopic (exact) mass is 326 g/mol. The van der Waals surface area contributed by atoms with Crippen LogP contribution in [0.2, 0.25) is 0 Å². The highest BCUT2D eigenvalue weighted by Gasteiger charge is 2.33. The van der Waals surface area contributed by atoms with Crippen molar-refractivity contribution < 1.29 is 4.74 Å². The zero-order valence-corrected chi connectivity index (χ0v) is 14.3. The lowest BCUT2D eigenvalue weighted by atomic mass is 10.0. The Hall–Kier alpha value is -1.69. The predicted octanol–water partition coefficient (Wildman–Crippen LogP) is 2.54. The third kappa shape index (κ3) is 3.24. The van der Waals surface area contributed by atoms with Gasteiger partial charge >= 0.3 is 0 Å². The molecule has 24 heavy (non-hydrogen) atoms. The van der Waals surface area contributed by atoms with E-state index in [0.717, 1.165) is 31.3 Å². The number of hydrogen-bond donors (Lipinski definition) is 1. The second-order valence-electron chi connectivity index (χ2n) is 6.91. The van der Waals surface area contributed by atoms with E-state index >= 15 is 0 Å². The fraction of sp³-hybridized carbons (Fsp3) is 0.526. The van der Waals surface area contributed by atoms with Crippen molar-refractivity contribution in [2.45, 2.75) is 24.9 Å². The van der Waals surface area contributed by atoms with Crippen LogP contribution in [-0.4, -0.2) is 65.7 Å². The molecule has 0 aliphatic carbocycles. The van der Waals surface area contributed by atoms with Crippen LogP contribution in [0.25, 0.3) is 11.3 Å². The van der Waals surface area contributed by atoms with E-state index in [2.05, 4.69) is 51.1 Å². The van der Waals surface area contributed by atoms with Gasteiger partial charge in [-0.2, -0.15) is 0 Å². The molecular formula is C19H26N4O. The van der Waals surface area contributed by atoms with Crippen LogP contribution in [0.3, 0.4) is 0 Å². The number of likely N-dealkylation sites (tertiary alicyclic amines) is 1. The molecule has 0 spiro atoms. The summed E-state index contributed by atoms with van der Waals surface area (Å²) in [5.41, 5.74) is 2.26. The first-order valence-electron chi connectivity index (χ1n) is 8.93. The van der Waals surface area contributed by atoms with Crippen molar-refractivity contribution in [3.05, 3.63) is 42.4 Å². The molecule has 0 saturated carbocycles. The standard InChI is InChI=1S/C19H26N4O/c1-22-9-7-16(8-10-22)23-11-12-24-14-18(23)19-20-13-17(21-19)15-5-3-2-4-6-15/h2-6,13,16,18H,7-12,14H2,1H3,(H,20,21). The zero-order chi connectivity index (χ0) is 16.4. The average molecular weight is 326 g/mol. The summed E-state index contributed by atoms with van der Waals surface area (Å²) < 4.78 is 5.78. The van der Waals surface area contributed by atoms with E-state index in [0.29, 0.717) is 6.04 Å². The molecule has 3 heterocycles. The number of aromatic amines is 1. The SMILES string of the molecule is CN1CCC(N2CCOCC2c2ncc(-c3ccccc3)[nH]2)CC1. The second-order valence-corrected chi connectivity index (χ2v) is 6.91. The molecule has 2 aromatic rings. The Labute approximate surface area is 143 Å². The van der Waals surface area contributed by atoms with Crippen molar-refractivity contribution in [3.63, 3.8) is 0 Å². The van der Waals surface area contributed by atoms with Crippen LogP contribution >= 0.6 is 0 Å². The smallest absolute Gasteiger partial charge is 0.126 e. The number of aromatic nitrogens is 2. The number of piperidine rings is 1. The molecule has 1 N–H and O–H groups in total.